The molecule has 1 saturated heterocycles. The number of carbonyl (C=O) groups excluding carboxylic acids is 3. The molecule has 3 aliphatic rings. The lowest BCUT2D eigenvalue weighted by molar-refractivity contribution is -0.131. The molecule has 0 bridgehead atoms. The number of rotatable bonds is 5. The predicted molar refractivity (Wildman–Crippen MR) is 127 cm³/mol. The van der Waals surface area contributed by atoms with Crippen molar-refractivity contribution in [3.8, 4) is 0 Å². The Morgan fingerprint density at radius 2 is 1.85 bits per heavy atom. The van der Waals surface area contributed by atoms with E-state index in [0.29, 0.717) is 55.8 Å². The zero-order valence-corrected chi connectivity index (χ0v) is 20.2. The van der Waals surface area contributed by atoms with Crippen LogP contribution in [0.3, 0.4) is 0 Å². The molecule has 180 valence electrons. The van der Waals surface area contributed by atoms with Crippen molar-refractivity contribution < 1.29 is 14.4 Å². The molecular formula is C25H30ClN5O3. The summed E-state index contributed by atoms with van der Waals surface area (Å²) in [4.78, 5) is 42.6. The van der Waals surface area contributed by atoms with Gasteiger partial charge in [0.25, 0.3) is 5.91 Å². The smallest absolute Gasteiger partial charge is 0.274 e. The van der Waals surface area contributed by atoms with Crippen molar-refractivity contribution in [1.82, 2.24) is 24.9 Å². The van der Waals surface area contributed by atoms with Crippen molar-refractivity contribution in [2.75, 3.05) is 19.6 Å². The third kappa shape index (κ3) is 4.82. The highest BCUT2D eigenvalue weighted by atomic mass is 35.5. The van der Waals surface area contributed by atoms with E-state index >= 15 is 0 Å². The number of likely N-dealkylation sites (tertiary alicyclic amines) is 1. The summed E-state index contributed by atoms with van der Waals surface area (Å²) in [5, 5.41) is 8.27. The van der Waals surface area contributed by atoms with Crippen LogP contribution in [0.5, 0.6) is 0 Å². The zero-order chi connectivity index (χ0) is 23.8. The fraction of sp³-hybridized carbons (Fsp3) is 0.520. The average molecular weight is 484 g/mol. The van der Waals surface area contributed by atoms with Crippen LogP contribution in [-0.2, 0) is 36.0 Å². The van der Waals surface area contributed by atoms with Crippen LogP contribution in [0.1, 0.15) is 53.0 Å². The number of carbonyl (C=O) groups is 3. The Balaban J connectivity index is 1.28. The van der Waals surface area contributed by atoms with Crippen molar-refractivity contribution in [3.63, 3.8) is 0 Å². The van der Waals surface area contributed by atoms with E-state index in [-0.39, 0.29) is 23.6 Å². The van der Waals surface area contributed by atoms with Crippen LogP contribution in [0.15, 0.2) is 24.3 Å². The molecule has 1 atom stereocenters. The minimum absolute atomic E-state index is 0.0185. The molecule has 2 aliphatic heterocycles. The Morgan fingerprint density at radius 3 is 2.59 bits per heavy atom. The molecule has 0 spiro atoms. The van der Waals surface area contributed by atoms with Gasteiger partial charge in [-0.15, -0.1) is 0 Å². The molecule has 1 aliphatic carbocycles. The van der Waals surface area contributed by atoms with Gasteiger partial charge in [0, 0.05) is 62.0 Å². The zero-order valence-electron chi connectivity index (χ0n) is 19.4. The van der Waals surface area contributed by atoms with Crippen LogP contribution in [-0.4, -0.2) is 63.0 Å². The van der Waals surface area contributed by atoms with E-state index in [0.717, 1.165) is 42.5 Å². The fourth-order valence-corrected chi connectivity index (χ4v) is 5.06. The molecule has 9 heteroatoms. The molecule has 1 unspecified atom stereocenters. The van der Waals surface area contributed by atoms with E-state index < -0.39 is 0 Å². The lowest BCUT2D eigenvalue weighted by Crippen LogP contribution is -2.46. The highest BCUT2D eigenvalue weighted by Crippen LogP contribution is 2.27. The number of nitrogens with one attached hydrogen (secondary N) is 1. The summed E-state index contributed by atoms with van der Waals surface area (Å²) in [6, 6.07) is 7.61. The molecule has 3 heterocycles. The van der Waals surface area contributed by atoms with Crippen LogP contribution in [0.25, 0.3) is 0 Å². The highest BCUT2D eigenvalue weighted by Gasteiger charge is 2.35. The van der Waals surface area contributed by atoms with Crippen LogP contribution in [0.2, 0.25) is 5.02 Å². The molecule has 1 aromatic carbocycles. The van der Waals surface area contributed by atoms with E-state index in [1.54, 1.807) is 26.6 Å². The molecule has 1 N–H and O–H groups in total. The van der Waals surface area contributed by atoms with Crippen molar-refractivity contribution >= 4 is 29.3 Å². The van der Waals surface area contributed by atoms with Crippen molar-refractivity contribution in [3.05, 3.63) is 51.8 Å². The Morgan fingerprint density at radius 1 is 1.09 bits per heavy atom. The van der Waals surface area contributed by atoms with Crippen LogP contribution < -0.4 is 5.32 Å². The van der Waals surface area contributed by atoms with Gasteiger partial charge >= 0.3 is 0 Å². The second-order valence-corrected chi connectivity index (χ2v) is 10.1. The fourth-order valence-electron chi connectivity index (χ4n) is 4.94. The summed E-state index contributed by atoms with van der Waals surface area (Å²) in [5.41, 5.74) is 3.14. The first-order chi connectivity index (χ1) is 16.4. The summed E-state index contributed by atoms with van der Waals surface area (Å²) in [6.07, 6.45) is 4.65. The van der Waals surface area contributed by atoms with Crippen LogP contribution in [0.4, 0.5) is 0 Å². The Kier molecular flexibility index (Phi) is 6.34. The topological polar surface area (TPSA) is 87.5 Å². The number of aryl methyl sites for hydroxylation is 1. The SMILES string of the molecule is Cn1nc(C(=O)N2CCCC(C(=O)NC3CC3)C2)c2c1CCN(C(=O)Cc1ccc(Cl)cc1)C2. The Labute approximate surface area is 204 Å². The second-order valence-electron chi connectivity index (χ2n) is 9.64. The largest absolute Gasteiger partial charge is 0.353 e. The van der Waals surface area contributed by atoms with Crippen molar-refractivity contribution in [2.24, 2.45) is 13.0 Å². The maximum Gasteiger partial charge on any atom is 0.274 e. The van der Waals surface area contributed by atoms with Gasteiger partial charge in [0.1, 0.15) is 0 Å². The number of fused-ring (bicyclic) bond motifs is 1. The van der Waals surface area contributed by atoms with E-state index in [9.17, 15) is 14.4 Å². The first-order valence-electron chi connectivity index (χ1n) is 12.1. The molecule has 3 amide bonds. The second kappa shape index (κ2) is 9.41. The molecule has 2 fully saturated rings. The number of aromatic nitrogens is 2. The summed E-state index contributed by atoms with van der Waals surface area (Å²) < 4.78 is 1.77. The molecule has 1 aromatic heterocycles. The molecule has 8 nitrogen and oxygen atoms in total. The van der Waals surface area contributed by atoms with Gasteiger partial charge in [0.2, 0.25) is 11.8 Å². The van der Waals surface area contributed by atoms with Gasteiger partial charge < -0.3 is 15.1 Å². The normalized spacial score (nSPS) is 20.1. The summed E-state index contributed by atoms with van der Waals surface area (Å²) in [6.45, 7) is 2.01. The van der Waals surface area contributed by atoms with E-state index in [4.69, 9.17) is 11.6 Å². The van der Waals surface area contributed by atoms with E-state index in [1.165, 1.54) is 0 Å². The van der Waals surface area contributed by atoms with Gasteiger partial charge in [-0.05, 0) is 43.4 Å². The third-order valence-corrected chi connectivity index (χ3v) is 7.32. The quantitative estimate of drug-likeness (QED) is 0.707. The number of halogens is 1. The van der Waals surface area contributed by atoms with E-state index in [2.05, 4.69) is 10.4 Å². The predicted octanol–water partition coefficient (Wildman–Crippen LogP) is 2.33. The third-order valence-electron chi connectivity index (χ3n) is 7.07. The van der Waals surface area contributed by atoms with Gasteiger partial charge in [0.15, 0.2) is 5.69 Å². The first kappa shape index (κ1) is 22.9. The van der Waals surface area contributed by atoms with Crippen LogP contribution in [0, 0.1) is 5.92 Å². The van der Waals surface area contributed by atoms with Gasteiger partial charge in [-0.3, -0.25) is 19.1 Å². The molecule has 34 heavy (non-hydrogen) atoms. The summed E-state index contributed by atoms with van der Waals surface area (Å²) >= 11 is 5.95. The number of benzene rings is 1. The minimum atomic E-state index is -0.171. The lowest BCUT2D eigenvalue weighted by Gasteiger charge is -2.32. The standard InChI is InChI=1S/C25H30ClN5O3/c1-29-21-10-12-30(22(32)13-16-4-6-18(26)7-5-16)15-20(21)23(28-29)25(34)31-11-2-3-17(14-31)24(33)27-19-8-9-19/h4-7,17,19H,2-3,8-15H2,1H3,(H,27,33). The van der Waals surface area contributed by atoms with Gasteiger partial charge in [-0.1, -0.05) is 23.7 Å². The van der Waals surface area contributed by atoms with Crippen molar-refractivity contribution in [2.45, 2.75) is 51.1 Å². The summed E-state index contributed by atoms with van der Waals surface area (Å²) in [5.74, 6) is -0.241. The Bertz CT molecular complexity index is 1110. The number of piperidine rings is 1. The molecule has 2 aromatic rings. The van der Waals surface area contributed by atoms with Crippen molar-refractivity contribution in [1.29, 1.82) is 0 Å². The Hall–Kier alpha value is -2.87. The molecule has 1 saturated carbocycles. The molecular weight excluding hydrogens is 454 g/mol. The van der Waals surface area contributed by atoms with E-state index in [1.807, 2.05) is 19.2 Å². The molecule has 0 radical (unpaired) electrons. The number of amides is 3. The monoisotopic (exact) mass is 483 g/mol. The van der Waals surface area contributed by atoms with Gasteiger partial charge in [0.05, 0.1) is 12.3 Å². The van der Waals surface area contributed by atoms with Crippen LogP contribution >= 0.6 is 11.6 Å². The molecule has 5 rings (SSSR count). The number of nitrogens with zero attached hydrogens (tertiary/aromatic N) is 4. The highest BCUT2D eigenvalue weighted by molar-refractivity contribution is 6.30. The first-order valence-corrected chi connectivity index (χ1v) is 12.4. The van der Waals surface area contributed by atoms with Gasteiger partial charge in [-0.2, -0.15) is 5.10 Å². The lowest BCUT2D eigenvalue weighted by atomic mass is 9.96. The number of hydrogen-bond acceptors (Lipinski definition) is 4. The average Bonchev–Trinajstić information content (AvgIpc) is 3.60. The minimum Gasteiger partial charge on any atom is -0.353 e. The maximum absolute atomic E-state index is 13.5. The number of hydrogen-bond donors (Lipinski definition) is 1. The maximum atomic E-state index is 13.5. The van der Waals surface area contributed by atoms with Gasteiger partial charge in [-0.25, -0.2) is 0 Å². The summed E-state index contributed by atoms with van der Waals surface area (Å²) in [7, 11) is 1.85.